The van der Waals surface area contributed by atoms with Crippen LogP contribution in [0.2, 0.25) is 0 Å². The number of nitrogens with zero attached hydrogens (tertiary/aromatic N) is 2. The lowest BCUT2D eigenvalue weighted by molar-refractivity contribution is 0.00979. The van der Waals surface area contributed by atoms with Crippen LogP contribution in [0.4, 0.5) is 0 Å². The second-order valence-corrected chi connectivity index (χ2v) is 4.87. The zero-order valence-electron chi connectivity index (χ0n) is 10.4. The molecular weight excluding hydrogens is 188 g/mol. The smallest absolute Gasteiger partial charge is 0.0707 e. The lowest BCUT2D eigenvalue weighted by Crippen LogP contribution is -2.55. The predicted molar refractivity (Wildman–Crippen MR) is 64.1 cm³/mol. The molecule has 0 radical (unpaired) electrons. The number of unbranched alkanes of at least 4 members (excludes halogenated alkanes) is 2. The molecule has 2 unspecified atom stereocenters. The molecule has 90 valence electrons. The molecule has 1 aliphatic heterocycles. The van der Waals surface area contributed by atoms with Crippen LogP contribution in [0, 0.1) is 0 Å². The quantitative estimate of drug-likeness (QED) is 0.696. The van der Waals surface area contributed by atoms with Crippen LogP contribution in [0.3, 0.4) is 0 Å². The normalized spacial score (nSPS) is 26.8. The standard InChI is InChI=1S/C12H26N2O/c1-4-5-6-7-12(15)11-10-13(2)8-9-14(11)3/h11-12,15H,4-10H2,1-3H3. The minimum Gasteiger partial charge on any atom is -0.391 e. The SMILES string of the molecule is CCCCCC(O)C1CN(C)CCN1C. The van der Waals surface area contributed by atoms with Crippen LogP contribution in [0.5, 0.6) is 0 Å². The first-order valence-electron chi connectivity index (χ1n) is 6.22. The van der Waals surface area contributed by atoms with Crippen molar-refractivity contribution in [1.29, 1.82) is 0 Å². The van der Waals surface area contributed by atoms with E-state index in [0.717, 1.165) is 32.5 Å². The first kappa shape index (κ1) is 12.9. The van der Waals surface area contributed by atoms with Crippen molar-refractivity contribution in [2.45, 2.75) is 44.8 Å². The molecule has 1 aliphatic rings. The van der Waals surface area contributed by atoms with Gasteiger partial charge in [-0.15, -0.1) is 0 Å². The Hall–Kier alpha value is -0.120. The van der Waals surface area contributed by atoms with Crippen LogP contribution >= 0.6 is 0 Å². The zero-order chi connectivity index (χ0) is 11.3. The minimum absolute atomic E-state index is 0.149. The number of rotatable bonds is 5. The highest BCUT2D eigenvalue weighted by molar-refractivity contribution is 4.84. The Bertz CT molecular complexity index is 175. The predicted octanol–water partition coefficient (Wildman–Crippen LogP) is 1.17. The average molecular weight is 214 g/mol. The first-order valence-corrected chi connectivity index (χ1v) is 6.22. The third-order valence-corrected chi connectivity index (χ3v) is 3.45. The number of hydrogen-bond acceptors (Lipinski definition) is 3. The summed E-state index contributed by atoms with van der Waals surface area (Å²) in [5.74, 6) is 0. The first-order chi connectivity index (χ1) is 7.15. The molecule has 0 aromatic rings. The van der Waals surface area contributed by atoms with E-state index >= 15 is 0 Å². The molecule has 3 nitrogen and oxygen atoms in total. The Kier molecular flexibility index (Phi) is 5.58. The summed E-state index contributed by atoms with van der Waals surface area (Å²) >= 11 is 0. The maximum atomic E-state index is 10.1. The molecule has 0 aromatic heterocycles. The van der Waals surface area contributed by atoms with Gasteiger partial charge in [-0.1, -0.05) is 26.2 Å². The second kappa shape index (κ2) is 6.46. The fourth-order valence-electron chi connectivity index (χ4n) is 2.26. The summed E-state index contributed by atoms with van der Waals surface area (Å²) in [6.45, 7) is 5.40. The Labute approximate surface area is 94.1 Å². The van der Waals surface area contributed by atoms with E-state index in [2.05, 4.69) is 30.8 Å². The van der Waals surface area contributed by atoms with Gasteiger partial charge in [-0.05, 0) is 20.5 Å². The Morgan fingerprint density at radius 3 is 2.67 bits per heavy atom. The largest absolute Gasteiger partial charge is 0.391 e. The molecule has 15 heavy (non-hydrogen) atoms. The summed E-state index contributed by atoms with van der Waals surface area (Å²) in [6, 6.07) is 0.334. The summed E-state index contributed by atoms with van der Waals surface area (Å²) in [5.41, 5.74) is 0. The lowest BCUT2D eigenvalue weighted by Gasteiger charge is -2.40. The third-order valence-electron chi connectivity index (χ3n) is 3.45. The van der Waals surface area contributed by atoms with Gasteiger partial charge in [0.1, 0.15) is 0 Å². The zero-order valence-corrected chi connectivity index (χ0v) is 10.4. The molecule has 0 aliphatic carbocycles. The van der Waals surface area contributed by atoms with Gasteiger partial charge in [0.25, 0.3) is 0 Å². The summed E-state index contributed by atoms with van der Waals surface area (Å²) in [7, 11) is 4.26. The van der Waals surface area contributed by atoms with Gasteiger partial charge in [0, 0.05) is 25.7 Å². The van der Waals surface area contributed by atoms with Gasteiger partial charge in [0.15, 0.2) is 0 Å². The van der Waals surface area contributed by atoms with Crippen molar-refractivity contribution in [3.8, 4) is 0 Å². The van der Waals surface area contributed by atoms with Crippen LogP contribution < -0.4 is 0 Å². The molecule has 2 atom stereocenters. The molecule has 3 heteroatoms. The minimum atomic E-state index is -0.149. The molecule has 0 bridgehead atoms. The molecule has 1 heterocycles. The van der Waals surface area contributed by atoms with E-state index < -0.39 is 0 Å². The molecule has 1 saturated heterocycles. The van der Waals surface area contributed by atoms with Crippen LogP contribution in [0.25, 0.3) is 0 Å². The molecule has 0 saturated carbocycles. The lowest BCUT2D eigenvalue weighted by atomic mass is 10.0. The fourth-order valence-corrected chi connectivity index (χ4v) is 2.26. The van der Waals surface area contributed by atoms with Crippen molar-refractivity contribution >= 4 is 0 Å². The second-order valence-electron chi connectivity index (χ2n) is 4.87. The number of aliphatic hydroxyl groups is 1. The van der Waals surface area contributed by atoms with E-state index in [-0.39, 0.29) is 6.10 Å². The van der Waals surface area contributed by atoms with E-state index in [0.29, 0.717) is 6.04 Å². The summed E-state index contributed by atoms with van der Waals surface area (Å²) in [4.78, 5) is 4.62. The maximum absolute atomic E-state index is 10.1. The molecule has 1 N–H and O–H groups in total. The fraction of sp³-hybridized carbons (Fsp3) is 1.00. The molecular formula is C12H26N2O. The van der Waals surface area contributed by atoms with Crippen molar-refractivity contribution in [2.24, 2.45) is 0 Å². The summed E-state index contributed by atoms with van der Waals surface area (Å²) < 4.78 is 0. The maximum Gasteiger partial charge on any atom is 0.0707 e. The molecule has 0 amide bonds. The monoisotopic (exact) mass is 214 g/mol. The van der Waals surface area contributed by atoms with Crippen molar-refractivity contribution < 1.29 is 5.11 Å². The van der Waals surface area contributed by atoms with Gasteiger partial charge in [0.2, 0.25) is 0 Å². The molecule has 0 aromatic carbocycles. The van der Waals surface area contributed by atoms with Crippen molar-refractivity contribution in [1.82, 2.24) is 9.80 Å². The van der Waals surface area contributed by atoms with Crippen LogP contribution in [-0.2, 0) is 0 Å². The van der Waals surface area contributed by atoms with E-state index in [4.69, 9.17) is 0 Å². The van der Waals surface area contributed by atoms with Gasteiger partial charge >= 0.3 is 0 Å². The van der Waals surface area contributed by atoms with Gasteiger partial charge in [0.05, 0.1) is 6.10 Å². The van der Waals surface area contributed by atoms with Crippen LogP contribution in [-0.4, -0.2) is 60.8 Å². The number of likely N-dealkylation sites (N-methyl/N-ethyl adjacent to an activating group) is 2. The van der Waals surface area contributed by atoms with Gasteiger partial charge in [-0.25, -0.2) is 0 Å². The highest BCUT2D eigenvalue weighted by atomic mass is 16.3. The highest BCUT2D eigenvalue weighted by Gasteiger charge is 2.27. The third kappa shape index (κ3) is 4.09. The number of piperazine rings is 1. The van der Waals surface area contributed by atoms with Gasteiger partial charge < -0.3 is 10.0 Å². The van der Waals surface area contributed by atoms with Crippen molar-refractivity contribution in [3.63, 3.8) is 0 Å². The molecule has 1 fully saturated rings. The van der Waals surface area contributed by atoms with Gasteiger partial charge in [-0.2, -0.15) is 0 Å². The molecule has 0 spiro atoms. The highest BCUT2D eigenvalue weighted by Crippen LogP contribution is 2.14. The Morgan fingerprint density at radius 1 is 1.27 bits per heavy atom. The van der Waals surface area contributed by atoms with Crippen LogP contribution in [0.15, 0.2) is 0 Å². The van der Waals surface area contributed by atoms with E-state index in [1.165, 1.54) is 12.8 Å². The average Bonchev–Trinajstić information content (AvgIpc) is 2.22. The number of aliphatic hydroxyl groups excluding tert-OH is 1. The Balaban J connectivity index is 2.32. The van der Waals surface area contributed by atoms with E-state index in [9.17, 15) is 5.11 Å². The number of hydrogen-bond donors (Lipinski definition) is 1. The van der Waals surface area contributed by atoms with E-state index in [1.54, 1.807) is 0 Å². The summed E-state index contributed by atoms with van der Waals surface area (Å²) in [5, 5.41) is 10.1. The van der Waals surface area contributed by atoms with Crippen molar-refractivity contribution in [2.75, 3.05) is 33.7 Å². The summed E-state index contributed by atoms with van der Waals surface area (Å²) in [6.07, 6.45) is 4.43. The topological polar surface area (TPSA) is 26.7 Å². The van der Waals surface area contributed by atoms with E-state index in [1.807, 2.05) is 0 Å². The Morgan fingerprint density at radius 2 is 2.00 bits per heavy atom. The van der Waals surface area contributed by atoms with Gasteiger partial charge in [-0.3, -0.25) is 4.90 Å². The molecule has 1 rings (SSSR count). The van der Waals surface area contributed by atoms with Crippen molar-refractivity contribution in [3.05, 3.63) is 0 Å². The van der Waals surface area contributed by atoms with Crippen LogP contribution in [0.1, 0.15) is 32.6 Å².